The van der Waals surface area contributed by atoms with Crippen LogP contribution >= 0.6 is 0 Å². The van der Waals surface area contributed by atoms with Gasteiger partial charge in [-0.05, 0) is 55.3 Å². The topological polar surface area (TPSA) is 70.7 Å². The third-order valence-electron chi connectivity index (χ3n) is 4.25. The molecule has 3 rings (SSSR count). The molecule has 7 heteroatoms. The van der Waals surface area contributed by atoms with Gasteiger partial charge in [0.2, 0.25) is 5.91 Å². The van der Waals surface area contributed by atoms with Crippen molar-refractivity contribution in [2.45, 2.75) is 19.4 Å². The number of hydrogen-bond acceptors (Lipinski definition) is 3. The van der Waals surface area contributed by atoms with Crippen molar-refractivity contribution in [3.05, 3.63) is 53.8 Å². The molecule has 1 saturated heterocycles. The summed E-state index contributed by atoms with van der Waals surface area (Å²) in [6.45, 7) is 2.37. The maximum absolute atomic E-state index is 13.0. The molecule has 1 fully saturated rings. The highest BCUT2D eigenvalue weighted by atomic mass is 19.1. The van der Waals surface area contributed by atoms with Crippen LogP contribution in [0.15, 0.2) is 42.5 Å². The predicted octanol–water partition coefficient (Wildman–Crippen LogP) is 3.07. The number of methoxy groups -OCH3 is 1. The molecule has 0 spiro atoms. The van der Waals surface area contributed by atoms with Gasteiger partial charge in [-0.3, -0.25) is 4.79 Å². The fourth-order valence-electron chi connectivity index (χ4n) is 2.93. The summed E-state index contributed by atoms with van der Waals surface area (Å²) in [7, 11) is 1.52. The number of anilines is 2. The van der Waals surface area contributed by atoms with E-state index < -0.39 is 12.1 Å². The summed E-state index contributed by atoms with van der Waals surface area (Å²) in [6, 6.07) is 10.0. The molecule has 26 heavy (non-hydrogen) atoms. The van der Waals surface area contributed by atoms with E-state index in [0.717, 1.165) is 5.56 Å². The molecule has 0 saturated carbocycles. The summed E-state index contributed by atoms with van der Waals surface area (Å²) in [4.78, 5) is 26.3. The van der Waals surface area contributed by atoms with Gasteiger partial charge < -0.3 is 20.3 Å². The number of ether oxygens (including phenoxy) is 1. The quantitative estimate of drug-likeness (QED) is 0.883. The van der Waals surface area contributed by atoms with Crippen molar-refractivity contribution in [3.8, 4) is 5.75 Å². The lowest BCUT2D eigenvalue weighted by Gasteiger charge is -2.18. The normalized spacial score (nSPS) is 16.5. The summed E-state index contributed by atoms with van der Waals surface area (Å²) >= 11 is 0. The number of benzene rings is 2. The maximum Gasteiger partial charge on any atom is 0.319 e. The lowest BCUT2D eigenvalue weighted by atomic mass is 10.2. The smallest absolute Gasteiger partial charge is 0.319 e. The monoisotopic (exact) mass is 357 g/mol. The molecule has 1 aliphatic heterocycles. The molecular formula is C19H20FN3O3. The van der Waals surface area contributed by atoms with Crippen molar-refractivity contribution in [1.82, 2.24) is 5.32 Å². The highest BCUT2D eigenvalue weighted by Gasteiger charge is 2.33. The molecule has 6 nitrogen and oxygen atoms in total. The molecule has 2 aromatic carbocycles. The number of urea groups is 1. The lowest BCUT2D eigenvalue weighted by Crippen LogP contribution is -2.43. The SMILES string of the molecule is COc1ccc(C)cc1NC(=O)N[C@@H]1CCN(c2ccc(F)cc2)C1=O. The average Bonchev–Trinajstić information content (AvgIpc) is 2.96. The summed E-state index contributed by atoms with van der Waals surface area (Å²) in [5.74, 6) is -0.0408. The van der Waals surface area contributed by atoms with Crippen LogP contribution in [-0.4, -0.2) is 31.6 Å². The van der Waals surface area contributed by atoms with Crippen LogP contribution in [-0.2, 0) is 4.79 Å². The Balaban J connectivity index is 1.64. The first-order valence-electron chi connectivity index (χ1n) is 8.27. The number of nitrogens with zero attached hydrogens (tertiary/aromatic N) is 1. The first-order chi connectivity index (χ1) is 12.5. The van der Waals surface area contributed by atoms with Crippen LogP contribution in [0.25, 0.3) is 0 Å². The molecule has 1 aliphatic rings. The molecule has 0 radical (unpaired) electrons. The Hall–Kier alpha value is -3.09. The molecule has 2 aromatic rings. The number of amides is 3. The number of nitrogens with one attached hydrogen (secondary N) is 2. The number of hydrogen-bond donors (Lipinski definition) is 2. The van der Waals surface area contributed by atoms with Crippen LogP contribution in [0.1, 0.15) is 12.0 Å². The summed E-state index contributed by atoms with van der Waals surface area (Å²) < 4.78 is 18.3. The number of carbonyl (C=O) groups excluding carboxylic acids is 2. The van der Waals surface area contributed by atoms with Gasteiger partial charge >= 0.3 is 6.03 Å². The van der Waals surface area contributed by atoms with E-state index >= 15 is 0 Å². The molecule has 136 valence electrons. The highest BCUT2D eigenvalue weighted by molar-refractivity contribution is 6.02. The fourth-order valence-corrected chi connectivity index (χ4v) is 2.93. The second kappa shape index (κ2) is 7.43. The minimum Gasteiger partial charge on any atom is -0.495 e. The van der Waals surface area contributed by atoms with Crippen LogP contribution in [0, 0.1) is 12.7 Å². The summed E-state index contributed by atoms with van der Waals surface area (Å²) in [5, 5.41) is 5.40. The molecule has 2 N–H and O–H groups in total. The van der Waals surface area contributed by atoms with E-state index in [-0.39, 0.29) is 11.7 Å². The van der Waals surface area contributed by atoms with E-state index in [0.29, 0.717) is 30.1 Å². The molecule has 0 aliphatic carbocycles. The molecule has 0 aromatic heterocycles. The van der Waals surface area contributed by atoms with Gasteiger partial charge in [0, 0.05) is 12.2 Å². The number of carbonyl (C=O) groups is 2. The van der Waals surface area contributed by atoms with Crippen LogP contribution in [0.4, 0.5) is 20.6 Å². The molecule has 1 heterocycles. The van der Waals surface area contributed by atoms with Crippen molar-refractivity contribution in [1.29, 1.82) is 0 Å². The lowest BCUT2D eigenvalue weighted by molar-refractivity contribution is -0.118. The Bertz CT molecular complexity index is 823. The van der Waals surface area contributed by atoms with Crippen LogP contribution in [0.3, 0.4) is 0 Å². The van der Waals surface area contributed by atoms with Crippen LogP contribution in [0.5, 0.6) is 5.75 Å². The van der Waals surface area contributed by atoms with Gasteiger partial charge in [0.1, 0.15) is 17.6 Å². The van der Waals surface area contributed by atoms with Gasteiger partial charge in [0.15, 0.2) is 0 Å². The molecular weight excluding hydrogens is 337 g/mol. The van der Waals surface area contributed by atoms with E-state index in [1.54, 1.807) is 24.3 Å². The number of aryl methyl sites for hydroxylation is 1. The van der Waals surface area contributed by atoms with Gasteiger partial charge in [0.05, 0.1) is 12.8 Å². The number of halogens is 1. The summed E-state index contributed by atoms with van der Waals surface area (Å²) in [6.07, 6.45) is 0.481. The highest BCUT2D eigenvalue weighted by Crippen LogP contribution is 2.25. The van der Waals surface area contributed by atoms with E-state index in [1.807, 2.05) is 13.0 Å². The van der Waals surface area contributed by atoms with Crippen LogP contribution in [0.2, 0.25) is 0 Å². The maximum atomic E-state index is 13.0. The van der Waals surface area contributed by atoms with Gasteiger partial charge in [0.25, 0.3) is 0 Å². The van der Waals surface area contributed by atoms with E-state index in [4.69, 9.17) is 4.74 Å². The number of rotatable bonds is 4. The Labute approximate surface area is 150 Å². The Morgan fingerprint density at radius 1 is 1.23 bits per heavy atom. The van der Waals surface area contributed by atoms with Gasteiger partial charge in [-0.15, -0.1) is 0 Å². The van der Waals surface area contributed by atoms with E-state index in [1.165, 1.54) is 24.1 Å². The molecule has 0 unspecified atom stereocenters. The third kappa shape index (κ3) is 3.77. The second-order valence-electron chi connectivity index (χ2n) is 6.11. The van der Waals surface area contributed by atoms with Gasteiger partial charge in [-0.2, -0.15) is 0 Å². The molecule has 3 amide bonds. The largest absolute Gasteiger partial charge is 0.495 e. The van der Waals surface area contributed by atoms with Crippen molar-refractivity contribution >= 4 is 23.3 Å². The van der Waals surface area contributed by atoms with Crippen molar-refractivity contribution in [2.75, 3.05) is 23.9 Å². The zero-order valence-corrected chi connectivity index (χ0v) is 14.6. The Kier molecular flexibility index (Phi) is 5.06. The minimum absolute atomic E-state index is 0.219. The van der Waals surface area contributed by atoms with E-state index in [9.17, 15) is 14.0 Å². The Morgan fingerprint density at radius 3 is 2.65 bits per heavy atom. The summed E-state index contributed by atoms with van der Waals surface area (Å²) in [5.41, 5.74) is 2.12. The van der Waals surface area contributed by atoms with Crippen molar-refractivity contribution in [3.63, 3.8) is 0 Å². The fraction of sp³-hybridized carbons (Fsp3) is 0.263. The van der Waals surface area contributed by atoms with E-state index in [2.05, 4.69) is 10.6 Å². The van der Waals surface area contributed by atoms with Gasteiger partial charge in [-0.1, -0.05) is 6.07 Å². The first kappa shape index (κ1) is 17.7. The second-order valence-corrected chi connectivity index (χ2v) is 6.11. The van der Waals surface area contributed by atoms with Crippen LogP contribution < -0.4 is 20.3 Å². The molecule has 0 bridgehead atoms. The average molecular weight is 357 g/mol. The first-order valence-corrected chi connectivity index (χ1v) is 8.27. The minimum atomic E-state index is -0.629. The van der Waals surface area contributed by atoms with Gasteiger partial charge in [-0.25, -0.2) is 9.18 Å². The Morgan fingerprint density at radius 2 is 1.96 bits per heavy atom. The molecule has 1 atom stereocenters. The van der Waals surface area contributed by atoms with Crippen molar-refractivity contribution in [2.24, 2.45) is 0 Å². The third-order valence-corrected chi connectivity index (χ3v) is 4.25. The zero-order chi connectivity index (χ0) is 18.7. The standard InChI is InChI=1S/C19H20FN3O3/c1-12-3-8-17(26-2)16(11-12)22-19(25)21-15-9-10-23(18(15)24)14-6-4-13(20)5-7-14/h3-8,11,15H,9-10H2,1-2H3,(H2,21,22,25)/t15-/m1/s1. The predicted molar refractivity (Wildman–Crippen MR) is 97.0 cm³/mol. The van der Waals surface area contributed by atoms with Crippen molar-refractivity contribution < 1.29 is 18.7 Å². The zero-order valence-electron chi connectivity index (χ0n) is 14.6.